The van der Waals surface area contributed by atoms with Gasteiger partial charge in [0.25, 0.3) is 5.91 Å². The molecule has 1 aromatic heterocycles. The molecule has 0 aliphatic heterocycles. The van der Waals surface area contributed by atoms with E-state index in [1.54, 1.807) is 19.1 Å². The molecule has 1 N–H and O–H groups in total. The first-order valence-corrected chi connectivity index (χ1v) is 6.88. The van der Waals surface area contributed by atoms with Crippen LogP contribution in [0.5, 0.6) is 0 Å². The van der Waals surface area contributed by atoms with Crippen LogP contribution in [0.15, 0.2) is 24.3 Å². The van der Waals surface area contributed by atoms with E-state index in [4.69, 9.17) is 0 Å². The van der Waals surface area contributed by atoms with Crippen LogP contribution < -0.4 is 5.32 Å². The largest absolute Gasteiger partial charge is 0.469 e. The summed E-state index contributed by atoms with van der Waals surface area (Å²) in [6.45, 7) is 1.71. The molecule has 0 spiro atoms. The summed E-state index contributed by atoms with van der Waals surface area (Å²) in [5.74, 6) is -1.05. The standard InChI is InChI=1S/C14H14FNO3S/c1-8(6-13(17)19-2)16-14(18)12-7-9-10(15)4-3-5-11(9)20-12/h3-5,7-8H,6H2,1-2H3,(H,16,18). The highest BCUT2D eigenvalue weighted by Crippen LogP contribution is 2.27. The van der Waals surface area contributed by atoms with Gasteiger partial charge in [-0.2, -0.15) is 0 Å². The second-order valence-corrected chi connectivity index (χ2v) is 5.50. The minimum absolute atomic E-state index is 0.0987. The Kier molecular flexibility index (Phi) is 4.34. The fourth-order valence-electron chi connectivity index (χ4n) is 1.82. The monoisotopic (exact) mass is 295 g/mol. The lowest BCUT2D eigenvalue weighted by Crippen LogP contribution is -2.34. The summed E-state index contributed by atoms with van der Waals surface area (Å²) < 4.78 is 18.8. The van der Waals surface area contributed by atoms with E-state index in [9.17, 15) is 14.0 Å². The molecule has 0 radical (unpaired) electrons. The number of rotatable bonds is 4. The Bertz CT molecular complexity index is 653. The second kappa shape index (κ2) is 6.00. The van der Waals surface area contributed by atoms with Crippen molar-refractivity contribution in [2.75, 3.05) is 7.11 Å². The molecule has 1 heterocycles. The summed E-state index contributed by atoms with van der Waals surface area (Å²) >= 11 is 1.22. The summed E-state index contributed by atoms with van der Waals surface area (Å²) in [6, 6.07) is 5.91. The number of benzene rings is 1. The summed E-state index contributed by atoms with van der Waals surface area (Å²) in [5.41, 5.74) is 0. The maximum atomic E-state index is 13.6. The van der Waals surface area contributed by atoms with Crippen molar-refractivity contribution in [2.45, 2.75) is 19.4 Å². The molecular formula is C14H14FNO3S. The molecule has 1 unspecified atom stereocenters. The number of carbonyl (C=O) groups is 2. The lowest BCUT2D eigenvalue weighted by atomic mass is 10.2. The van der Waals surface area contributed by atoms with Crippen LogP contribution in [0.2, 0.25) is 0 Å². The van der Waals surface area contributed by atoms with Crippen molar-refractivity contribution >= 4 is 33.3 Å². The predicted octanol–water partition coefficient (Wildman–Crippen LogP) is 2.72. The number of amides is 1. The molecule has 0 fully saturated rings. The van der Waals surface area contributed by atoms with Crippen LogP contribution >= 0.6 is 11.3 Å². The molecule has 0 saturated heterocycles. The molecule has 0 aliphatic carbocycles. The molecular weight excluding hydrogens is 281 g/mol. The van der Waals surface area contributed by atoms with Gasteiger partial charge in [0.05, 0.1) is 18.4 Å². The molecule has 1 aromatic carbocycles. The number of hydrogen-bond acceptors (Lipinski definition) is 4. The van der Waals surface area contributed by atoms with E-state index >= 15 is 0 Å². The van der Waals surface area contributed by atoms with Crippen LogP contribution in [0, 0.1) is 5.82 Å². The van der Waals surface area contributed by atoms with Crippen molar-refractivity contribution in [2.24, 2.45) is 0 Å². The van der Waals surface area contributed by atoms with Crippen molar-refractivity contribution in [1.29, 1.82) is 0 Å². The Hall–Kier alpha value is -1.95. The minimum Gasteiger partial charge on any atom is -0.469 e. The van der Waals surface area contributed by atoms with E-state index in [1.807, 2.05) is 0 Å². The highest BCUT2D eigenvalue weighted by Gasteiger charge is 2.16. The van der Waals surface area contributed by atoms with Gasteiger partial charge in [-0.25, -0.2) is 4.39 Å². The molecule has 106 valence electrons. The zero-order valence-corrected chi connectivity index (χ0v) is 11.9. The molecule has 0 aliphatic rings. The summed E-state index contributed by atoms with van der Waals surface area (Å²) in [7, 11) is 1.30. The van der Waals surface area contributed by atoms with Gasteiger partial charge in [-0.3, -0.25) is 9.59 Å². The van der Waals surface area contributed by atoms with Crippen LogP contribution in [0.1, 0.15) is 23.0 Å². The summed E-state index contributed by atoms with van der Waals surface area (Å²) in [6.07, 6.45) is 0.0987. The predicted molar refractivity (Wildman–Crippen MR) is 75.3 cm³/mol. The Morgan fingerprint density at radius 2 is 2.20 bits per heavy atom. The zero-order valence-electron chi connectivity index (χ0n) is 11.1. The van der Waals surface area contributed by atoms with Gasteiger partial charge < -0.3 is 10.1 Å². The molecule has 20 heavy (non-hydrogen) atoms. The molecule has 1 amide bonds. The number of hydrogen-bond donors (Lipinski definition) is 1. The number of fused-ring (bicyclic) bond motifs is 1. The molecule has 0 saturated carbocycles. The molecule has 2 aromatic rings. The quantitative estimate of drug-likeness (QED) is 0.882. The van der Waals surface area contributed by atoms with Gasteiger partial charge in [0.15, 0.2) is 0 Å². The normalized spacial score (nSPS) is 12.2. The van der Waals surface area contributed by atoms with Crippen LogP contribution in [-0.4, -0.2) is 25.0 Å². The highest BCUT2D eigenvalue weighted by atomic mass is 32.1. The third-order valence-corrected chi connectivity index (χ3v) is 3.91. The number of carbonyl (C=O) groups excluding carboxylic acids is 2. The van der Waals surface area contributed by atoms with E-state index in [0.717, 1.165) is 4.70 Å². The molecule has 1 atom stereocenters. The van der Waals surface area contributed by atoms with Gasteiger partial charge in [-0.1, -0.05) is 6.07 Å². The van der Waals surface area contributed by atoms with Crippen LogP contribution in [-0.2, 0) is 9.53 Å². The Labute approximate surface area is 119 Å². The maximum Gasteiger partial charge on any atom is 0.307 e. The van der Waals surface area contributed by atoms with Crippen molar-refractivity contribution in [1.82, 2.24) is 5.32 Å². The van der Waals surface area contributed by atoms with Crippen LogP contribution in [0.3, 0.4) is 0 Å². The lowest BCUT2D eigenvalue weighted by Gasteiger charge is -2.11. The van der Waals surface area contributed by atoms with E-state index in [1.165, 1.54) is 30.6 Å². The van der Waals surface area contributed by atoms with Gasteiger partial charge in [-0.05, 0) is 25.1 Å². The zero-order chi connectivity index (χ0) is 14.7. The van der Waals surface area contributed by atoms with Crippen molar-refractivity contribution in [3.05, 3.63) is 35.0 Å². The van der Waals surface area contributed by atoms with E-state index in [2.05, 4.69) is 10.1 Å². The van der Waals surface area contributed by atoms with Crippen molar-refractivity contribution in [3.63, 3.8) is 0 Å². The molecule has 6 heteroatoms. The summed E-state index contributed by atoms with van der Waals surface area (Å²) in [4.78, 5) is 23.6. The highest BCUT2D eigenvalue weighted by molar-refractivity contribution is 7.20. The van der Waals surface area contributed by atoms with Crippen LogP contribution in [0.4, 0.5) is 4.39 Å². The number of methoxy groups -OCH3 is 1. The fourth-order valence-corrected chi connectivity index (χ4v) is 2.79. The van der Waals surface area contributed by atoms with Gasteiger partial charge in [0, 0.05) is 16.1 Å². The number of ether oxygens (including phenoxy) is 1. The van der Waals surface area contributed by atoms with E-state index in [-0.39, 0.29) is 30.2 Å². The third kappa shape index (κ3) is 3.14. The topological polar surface area (TPSA) is 55.4 Å². The number of thiophene rings is 1. The first-order chi connectivity index (χ1) is 9.51. The number of halogens is 1. The van der Waals surface area contributed by atoms with Gasteiger partial charge in [-0.15, -0.1) is 11.3 Å². The Morgan fingerprint density at radius 3 is 2.85 bits per heavy atom. The lowest BCUT2D eigenvalue weighted by molar-refractivity contribution is -0.141. The van der Waals surface area contributed by atoms with Gasteiger partial charge in [0.2, 0.25) is 0 Å². The third-order valence-electron chi connectivity index (χ3n) is 2.81. The molecule has 0 bridgehead atoms. The molecule has 2 rings (SSSR count). The SMILES string of the molecule is COC(=O)CC(C)NC(=O)c1cc2c(F)cccc2s1. The van der Waals surface area contributed by atoms with E-state index in [0.29, 0.717) is 10.3 Å². The fraction of sp³-hybridized carbons (Fsp3) is 0.286. The number of esters is 1. The Balaban J connectivity index is 2.11. The van der Waals surface area contributed by atoms with Gasteiger partial charge in [0.1, 0.15) is 5.82 Å². The first-order valence-electron chi connectivity index (χ1n) is 6.07. The van der Waals surface area contributed by atoms with Crippen molar-refractivity contribution in [3.8, 4) is 0 Å². The number of nitrogens with one attached hydrogen (secondary N) is 1. The average molecular weight is 295 g/mol. The van der Waals surface area contributed by atoms with Gasteiger partial charge >= 0.3 is 5.97 Å². The minimum atomic E-state index is -0.389. The van der Waals surface area contributed by atoms with E-state index < -0.39 is 0 Å². The first kappa shape index (κ1) is 14.5. The average Bonchev–Trinajstić information content (AvgIpc) is 2.84. The van der Waals surface area contributed by atoms with Crippen LogP contribution in [0.25, 0.3) is 10.1 Å². The maximum absolute atomic E-state index is 13.6. The molecule has 4 nitrogen and oxygen atoms in total. The second-order valence-electron chi connectivity index (χ2n) is 4.42. The Morgan fingerprint density at radius 1 is 1.45 bits per heavy atom. The summed E-state index contributed by atoms with van der Waals surface area (Å²) in [5, 5.41) is 3.12. The van der Waals surface area contributed by atoms with Crippen molar-refractivity contribution < 1.29 is 18.7 Å². The smallest absolute Gasteiger partial charge is 0.307 e.